The van der Waals surface area contributed by atoms with Gasteiger partial charge in [-0.25, -0.2) is 0 Å². The number of hydrogen-bond acceptors (Lipinski definition) is 2. The first-order chi connectivity index (χ1) is 4.35. The molecule has 1 heterocycles. The van der Waals surface area contributed by atoms with Crippen LogP contribution in [0.2, 0.25) is 0 Å². The lowest BCUT2D eigenvalue weighted by Crippen LogP contribution is -2.64. The van der Waals surface area contributed by atoms with Crippen molar-refractivity contribution in [2.45, 2.75) is 24.8 Å². The Hall–Kier alpha value is -0.370. The molecule has 1 aliphatic carbocycles. The highest BCUT2D eigenvalue weighted by atomic mass is 16.1. The van der Waals surface area contributed by atoms with Crippen molar-refractivity contribution in [2.24, 2.45) is 5.92 Å². The Morgan fingerprint density at radius 2 is 2.22 bits per heavy atom. The van der Waals surface area contributed by atoms with Crippen LogP contribution >= 0.6 is 0 Å². The van der Waals surface area contributed by atoms with E-state index in [0.717, 1.165) is 25.7 Å². The summed E-state index contributed by atoms with van der Waals surface area (Å²) in [6.07, 6.45) is 4.57. The monoisotopic (exact) mass is 125 g/mol. The van der Waals surface area contributed by atoms with Crippen molar-refractivity contribution in [3.8, 4) is 0 Å². The fraction of sp³-hybridized carbons (Fsp3) is 0.857. The Balaban J connectivity index is 1.88. The van der Waals surface area contributed by atoms with Crippen LogP contribution in [-0.4, -0.2) is 18.4 Å². The van der Waals surface area contributed by atoms with Crippen LogP contribution in [0.25, 0.3) is 0 Å². The number of hydrogen-bond donors (Lipinski definition) is 1. The first-order valence-corrected chi connectivity index (χ1v) is 3.55. The van der Waals surface area contributed by atoms with Crippen molar-refractivity contribution in [1.82, 2.24) is 5.32 Å². The molecule has 0 unspecified atom stereocenters. The standard InChI is InChI=1S/C7H11NO/c9-5-6-3-7(4-6)1-2-8-7/h5-6,8H,1-4H2. The summed E-state index contributed by atoms with van der Waals surface area (Å²) in [5.74, 6) is 0.373. The summed E-state index contributed by atoms with van der Waals surface area (Å²) in [6.45, 7) is 1.16. The first-order valence-electron chi connectivity index (χ1n) is 3.55. The van der Waals surface area contributed by atoms with Gasteiger partial charge in [0.2, 0.25) is 0 Å². The summed E-state index contributed by atoms with van der Waals surface area (Å²) in [5.41, 5.74) is 0.436. The fourth-order valence-corrected chi connectivity index (χ4v) is 1.87. The zero-order chi connectivity index (χ0) is 6.32. The molecule has 2 nitrogen and oxygen atoms in total. The summed E-state index contributed by atoms with van der Waals surface area (Å²) in [4.78, 5) is 10.2. The van der Waals surface area contributed by atoms with Crippen molar-refractivity contribution in [1.29, 1.82) is 0 Å². The van der Waals surface area contributed by atoms with Crippen LogP contribution in [0.1, 0.15) is 19.3 Å². The Bertz CT molecular complexity index is 132. The molecule has 9 heavy (non-hydrogen) atoms. The van der Waals surface area contributed by atoms with Crippen LogP contribution < -0.4 is 5.32 Å². The van der Waals surface area contributed by atoms with Crippen LogP contribution in [-0.2, 0) is 4.79 Å². The van der Waals surface area contributed by atoms with Gasteiger partial charge < -0.3 is 10.1 Å². The minimum atomic E-state index is 0.373. The molecule has 50 valence electrons. The van der Waals surface area contributed by atoms with Crippen molar-refractivity contribution in [3.63, 3.8) is 0 Å². The Labute approximate surface area is 54.6 Å². The van der Waals surface area contributed by atoms with E-state index in [1.165, 1.54) is 6.42 Å². The molecule has 1 aliphatic heterocycles. The maximum Gasteiger partial charge on any atom is 0.123 e. The normalized spacial score (nSPS) is 47.8. The highest BCUT2D eigenvalue weighted by molar-refractivity contribution is 5.56. The van der Waals surface area contributed by atoms with Gasteiger partial charge in [-0.05, 0) is 25.8 Å². The third-order valence-corrected chi connectivity index (χ3v) is 2.60. The Morgan fingerprint density at radius 3 is 2.56 bits per heavy atom. The average molecular weight is 125 g/mol. The van der Waals surface area contributed by atoms with E-state index in [4.69, 9.17) is 0 Å². The molecule has 2 heteroatoms. The van der Waals surface area contributed by atoms with Gasteiger partial charge in [-0.15, -0.1) is 0 Å². The molecular weight excluding hydrogens is 114 g/mol. The molecule has 0 atom stereocenters. The van der Waals surface area contributed by atoms with Gasteiger partial charge in [0.1, 0.15) is 6.29 Å². The van der Waals surface area contributed by atoms with Crippen molar-refractivity contribution in [3.05, 3.63) is 0 Å². The van der Waals surface area contributed by atoms with E-state index in [-0.39, 0.29) is 0 Å². The van der Waals surface area contributed by atoms with Crippen molar-refractivity contribution >= 4 is 6.29 Å². The van der Waals surface area contributed by atoms with Crippen molar-refractivity contribution in [2.75, 3.05) is 6.54 Å². The molecule has 1 saturated heterocycles. The predicted octanol–water partition coefficient (Wildman–Crippen LogP) is 0.327. The molecule has 2 aliphatic rings. The number of aldehydes is 1. The zero-order valence-corrected chi connectivity index (χ0v) is 5.39. The molecule has 0 aromatic rings. The third-order valence-electron chi connectivity index (χ3n) is 2.60. The van der Waals surface area contributed by atoms with Gasteiger partial charge in [-0.2, -0.15) is 0 Å². The minimum Gasteiger partial charge on any atom is -0.311 e. The van der Waals surface area contributed by atoms with Gasteiger partial charge in [-0.3, -0.25) is 0 Å². The maximum absolute atomic E-state index is 10.2. The maximum atomic E-state index is 10.2. The second-order valence-corrected chi connectivity index (χ2v) is 3.26. The van der Waals surface area contributed by atoms with E-state index in [1.807, 2.05) is 0 Å². The number of nitrogens with one attached hydrogen (secondary N) is 1. The van der Waals surface area contributed by atoms with Crippen LogP contribution in [0.5, 0.6) is 0 Å². The van der Waals surface area contributed by atoms with E-state index >= 15 is 0 Å². The molecule has 1 spiro atoms. The molecule has 0 aromatic carbocycles. The summed E-state index contributed by atoms with van der Waals surface area (Å²) < 4.78 is 0. The topological polar surface area (TPSA) is 29.1 Å². The lowest BCUT2D eigenvalue weighted by atomic mass is 9.64. The number of rotatable bonds is 1. The van der Waals surface area contributed by atoms with Gasteiger partial charge >= 0.3 is 0 Å². The zero-order valence-electron chi connectivity index (χ0n) is 5.39. The number of carbonyl (C=O) groups excluding carboxylic acids is 1. The molecule has 2 rings (SSSR count). The van der Waals surface area contributed by atoms with E-state index in [1.54, 1.807) is 0 Å². The van der Waals surface area contributed by atoms with Gasteiger partial charge in [0.25, 0.3) is 0 Å². The van der Waals surface area contributed by atoms with Gasteiger partial charge in [0.05, 0.1) is 0 Å². The third kappa shape index (κ3) is 0.628. The quantitative estimate of drug-likeness (QED) is 0.511. The summed E-state index contributed by atoms with van der Waals surface area (Å²) in [6, 6.07) is 0. The average Bonchev–Trinajstić information content (AvgIpc) is 1.59. The molecule has 1 saturated carbocycles. The van der Waals surface area contributed by atoms with Crippen molar-refractivity contribution < 1.29 is 4.79 Å². The van der Waals surface area contributed by atoms with E-state index in [2.05, 4.69) is 5.32 Å². The second kappa shape index (κ2) is 1.57. The number of carbonyl (C=O) groups is 1. The summed E-state index contributed by atoms with van der Waals surface area (Å²) >= 11 is 0. The highest BCUT2D eigenvalue weighted by Gasteiger charge is 2.47. The SMILES string of the molecule is O=CC1CC2(CCN2)C1. The molecule has 2 fully saturated rings. The van der Waals surface area contributed by atoms with E-state index in [9.17, 15) is 4.79 Å². The Kier molecular flexibility index (Phi) is 0.943. The summed E-state index contributed by atoms with van der Waals surface area (Å²) in [5, 5.41) is 3.36. The van der Waals surface area contributed by atoms with Crippen LogP contribution in [0.3, 0.4) is 0 Å². The molecule has 0 amide bonds. The van der Waals surface area contributed by atoms with Gasteiger partial charge in [0.15, 0.2) is 0 Å². The Morgan fingerprint density at radius 1 is 1.56 bits per heavy atom. The van der Waals surface area contributed by atoms with E-state index < -0.39 is 0 Å². The molecule has 0 bridgehead atoms. The lowest BCUT2D eigenvalue weighted by Gasteiger charge is -2.53. The van der Waals surface area contributed by atoms with Crippen LogP contribution in [0, 0.1) is 5.92 Å². The first kappa shape index (κ1) is 5.42. The molecular formula is C7H11NO. The second-order valence-electron chi connectivity index (χ2n) is 3.26. The highest BCUT2D eigenvalue weighted by Crippen LogP contribution is 2.42. The predicted molar refractivity (Wildman–Crippen MR) is 34.1 cm³/mol. The smallest absolute Gasteiger partial charge is 0.123 e. The minimum absolute atomic E-state index is 0.373. The lowest BCUT2D eigenvalue weighted by molar-refractivity contribution is -0.117. The van der Waals surface area contributed by atoms with E-state index in [0.29, 0.717) is 11.5 Å². The molecule has 1 N–H and O–H groups in total. The fourth-order valence-electron chi connectivity index (χ4n) is 1.87. The van der Waals surface area contributed by atoms with Crippen LogP contribution in [0.4, 0.5) is 0 Å². The van der Waals surface area contributed by atoms with Gasteiger partial charge in [0, 0.05) is 11.5 Å². The summed E-state index contributed by atoms with van der Waals surface area (Å²) in [7, 11) is 0. The molecule has 0 radical (unpaired) electrons. The van der Waals surface area contributed by atoms with Gasteiger partial charge in [-0.1, -0.05) is 0 Å². The molecule has 0 aromatic heterocycles. The van der Waals surface area contributed by atoms with Crippen LogP contribution in [0.15, 0.2) is 0 Å². The largest absolute Gasteiger partial charge is 0.311 e.